The number of amides is 1. The maximum absolute atomic E-state index is 12.7. The summed E-state index contributed by atoms with van der Waals surface area (Å²) in [6, 6.07) is 8.05. The van der Waals surface area contributed by atoms with Crippen molar-refractivity contribution in [3.8, 4) is 5.88 Å². The predicted octanol–water partition coefficient (Wildman–Crippen LogP) is 4.99. The highest BCUT2D eigenvalue weighted by atomic mass is 32.1. The molecule has 5 nitrogen and oxygen atoms in total. The summed E-state index contributed by atoms with van der Waals surface area (Å²) in [6.07, 6.45) is 4.89. The van der Waals surface area contributed by atoms with Crippen LogP contribution in [-0.4, -0.2) is 22.5 Å². The molecule has 0 unspecified atom stereocenters. The fraction of sp³-hybridized carbons (Fsp3) is 0.350. The number of aryl methyl sites for hydroxylation is 2. The maximum Gasteiger partial charge on any atom is 0.266 e. The first-order chi connectivity index (χ1) is 12.6. The second-order valence-electron chi connectivity index (χ2n) is 6.10. The van der Waals surface area contributed by atoms with Crippen molar-refractivity contribution < 1.29 is 9.53 Å². The van der Waals surface area contributed by atoms with Gasteiger partial charge in [0.1, 0.15) is 11.2 Å². The molecule has 0 saturated carbocycles. The van der Waals surface area contributed by atoms with E-state index in [2.05, 4.69) is 34.3 Å². The fourth-order valence-electron chi connectivity index (χ4n) is 2.83. The minimum absolute atomic E-state index is 0.130. The van der Waals surface area contributed by atoms with Gasteiger partial charge < -0.3 is 10.1 Å². The molecule has 3 aromatic rings. The number of aromatic nitrogens is 2. The minimum Gasteiger partial charge on any atom is -0.477 e. The van der Waals surface area contributed by atoms with Crippen molar-refractivity contribution in [1.82, 2.24) is 9.97 Å². The van der Waals surface area contributed by atoms with Crippen LogP contribution in [0.1, 0.15) is 47.5 Å². The van der Waals surface area contributed by atoms with Gasteiger partial charge in [0.15, 0.2) is 0 Å². The molecule has 0 atom stereocenters. The monoisotopic (exact) mass is 369 g/mol. The molecule has 2 aromatic heterocycles. The van der Waals surface area contributed by atoms with Gasteiger partial charge in [-0.3, -0.25) is 4.79 Å². The van der Waals surface area contributed by atoms with E-state index in [1.54, 1.807) is 0 Å². The third kappa shape index (κ3) is 3.85. The molecule has 0 radical (unpaired) electrons. The zero-order chi connectivity index (χ0) is 18.5. The Bertz CT molecular complexity index is 903. The molecule has 26 heavy (non-hydrogen) atoms. The zero-order valence-corrected chi connectivity index (χ0v) is 16.2. The molecule has 1 N–H and O–H groups in total. The number of anilines is 1. The number of hydrogen-bond acceptors (Lipinski definition) is 5. The lowest BCUT2D eigenvalue weighted by Crippen LogP contribution is -2.11. The number of thiophene rings is 1. The third-order valence-electron chi connectivity index (χ3n) is 4.21. The molecule has 0 spiro atoms. The fourth-order valence-corrected chi connectivity index (χ4v) is 3.86. The SMILES string of the molecule is CCCCc1ccc(NC(=O)c2sc3ncnc(OCC)c3c2C)cc1. The van der Waals surface area contributed by atoms with Crippen molar-refractivity contribution in [2.75, 3.05) is 11.9 Å². The molecule has 0 aliphatic heterocycles. The van der Waals surface area contributed by atoms with E-state index in [4.69, 9.17) is 4.74 Å². The van der Waals surface area contributed by atoms with E-state index in [-0.39, 0.29) is 5.91 Å². The summed E-state index contributed by atoms with van der Waals surface area (Å²) in [7, 11) is 0. The van der Waals surface area contributed by atoms with Crippen LogP contribution >= 0.6 is 11.3 Å². The van der Waals surface area contributed by atoms with Gasteiger partial charge in [-0.2, -0.15) is 0 Å². The Hall–Kier alpha value is -2.47. The zero-order valence-electron chi connectivity index (χ0n) is 15.3. The van der Waals surface area contributed by atoms with Crippen LogP contribution in [-0.2, 0) is 6.42 Å². The van der Waals surface area contributed by atoms with E-state index in [1.807, 2.05) is 26.0 Å². The lowest BCUT2D eigenvalue weighted by Gasteiger charge is -2.06. The smallest absolute Gasteiger partial charge is 0.266 e. The van der Waals surface area contributed by atoms with Gasteiger partial charge in [-0.1, -0.05) is 25.5 Å². The molecular formula is C20H23N3O2S. The van der Waals surface area contributed by atoms with Crippen LogP contribution in [0.5, 0.6) is 5.88 Å². The average molecular weight is 369 g/mol. The average Bonchev–Trinajstić information content (AvgIpc) is 2.99. The third-order valence-corrected chi connectivity index (χ3v) is 5.41. The van der Waals surface area contributed by atoms with E-state index in [0.29, 0.717) is 17.4 Å². The largest absolute Gasteiger partial charge is 0.477 e. The molecule has 0 bridgehead atoms. The molecule has 0 fully saturated rings. The number of ether oxygens (including phenoxy) is 1. The van der Waals surface area contributed by atoms with E-state index in [9.17, 15) is 4.79 Å². The molecule has 136 valence electrons. The first-order valence-corrected chi connectivity index (χ1v) is 9.72. The van der Waals surface area contributed by atoms with Crippen LogP contribution in [0.3, 0.4) is 0 Å². The summed E-state index contributed by atoms with van der Waals surface area (Å²) in [4.78, 5) is 22.6. The Morgan fingerprint density at radius 3 is 2.65 bits per heavy atom. The van der Waals surface area contributed by atoms with Crippen molar-refractivity contribution in [1.29, 1.82) is 0 Å². The maximum atomic E-state index is 12.7. The number of carbonyl (C=O) groups is 1. The van der Waals surface area contributed by atoms with Crippen LogP contribution in [0.15, 0.2) is 30.6 Å². The Morgan fingerprint density at radius 2 is 1.96 bits per heavy atom. The van der Waals surface area contributed by atoms with Gasteiger partial charge in [-0.15, -0.1) is 11.3 Å². The van der Waals surface area contributed by atoms with Crippen LogP contribution < -0.4 is 10.1 Å². The number of rotatable bonds is 7. The molecule has 1 amide bonds. The van der Waals surface area contributed by atoms with Gasteiger partial charge in [-0.25, -0.2) is 9.97 Å². The van der Waals surface area contributed by atoms with E-state index in [1.165, 1.54) is 36.1 Å². The van der Waals surface area contributed by atoms with Crippen molar-refractivity contribution in [2.45, 2.75) is 40.0 Å². The van der Waals surface area contributed by atoms with E-state index >= 15 is 0 Å². The standard InChI is InChI=1S/C20H23N3O2S/c1-4-6-7-14-8-10-15(11-9-14)23-18(24)17-13(3)16-19(25-5-2)21-12-22-20(16)26-17/h8-12H,4-7H2,1-3H3,(H,23,24). The van der Waals surface area contributed by atoms with Crippen molar-refractivity contribution in [3.05, 3.63) is 46.6 Å². The molecule has 6 heteroatoms. The first-order valence-electron chi connectivity index (χ1n) is 8.91. The van der Waals surface area contributed by atoms with Gasteiger partial charge in [0, 0.05) is 5.69 Å². The minimum atomic E-state index is -0.130. The Kier molecular flexibility index (Phi) is 5.83. The van der Waals surface area contributed by atoms with Crippen LogP contribution in [0.4, 0.5) is 5.69 Å². The number of benzene rings is 1. The molecule has 3 rings (SSSR count). The summed E-state index contributed by atoms with van der Waals surface area (Å²) in [5.41, 5.74) is 2.94. The highest BCUT2D eigenvalue weighted by Gasteiger charge is 2.20. The summed E-state index contributed by atoms with van der Waals surface area (Å²) in [5, 5.41) is 3.80. The van der Waals surface area contributed by atoms with E-state index in [0.717, 1.165) is 27.9 Å². The normalized spacial score (nSPS) is 10.9. The van der Waals surface area contributed by atoms with Crippen LogP contribution in [0.25, 0.3) is 10.2 Å². The Morgan fingerprint density at radius 1 is 1.19 bits per heavy atom. The van der Waals surface area contributed by atoms with Gasteiger partial charge in [0.05, 0.1) is 16.9 Å². The van der Waals surface area contributed by atoms with Gasteiger partial charge in [-0.05, 0) is 49.9 Å². The summed E-state index contributed by atoms with van der Waals surface area (Å²) in [5.74, 6) is 0.403. The van der Waals surface area contributed by atoms with Gasteiger partial charge in [0.25, 0.3) is 5.91 Å². The summed E-state index contributed by atoms with van der Waals surface area (Å²) in [6.45, 7) is 6.53. The molecule has 2 heterocycles. The van der Waals surface area contributed by atoms with Crippen molar-refractivity contribution >= 4 is 33.1 Å². The predicted molar refractivity (Wildman–Crippen MR) is 106 cm³/mol. The van der Waals surface area contributed by atoms with Crippen molar-refractivity contribution in [2.24, 2.45) is 0 Å². The quantitative estimate of drug-likeness (QED) is 0.637. The second-order valence-corrected chi connectivity index (χ2v) is 7.10. The van der Waals surface area contributed by atoms with Gasteiger partial charge in [0.2, 0.25) is 5.88 Å². The summed E-state index contributed by atoms with van der Waals surface area (Å²) < 4.78 is 5.58. The lowest BCUT2D eigenvalue weighted by atomic mass is 10.1. The number of nitrogens with one attached hydrogen (secondary N) is 1. The van der Waals surface area contributed by atoms with Crippen LogP contribution in [0.2, 0.25) is 0 Å². The molecule has 1 aromatic carbocycles. The number of nitrogens with zero attached hydrogens (tertiary/aromatic N) is 2. The highest BCUT2D eigenvalue weighted by Crippen LogP contribution is 2.34. The number of unbranched alkanes of at least 4 members (excludes halogenated alkanes) is 1. The summed E-state index contributed by atoms with van der Waals surface area (Å²) >= 11 is 1.36. The van der Waals surface area contributed by atoms with Crippen LogP contribution in [0, 0.1) is 6.92 Å². The second kappa shape index (κ2) is 8.27. The number of carbonyl (C=O) groups excluding carboxylic acids is 1. The van der Waals surface area contributed by atoms with E-state index < -0.39 is 0 Å². The van der Waals surface area contributed by atoms with Gasteiger partial charge >= 0.3 is 0 Å². The molecular weight excluding hydrogens is 346 g/mol. The topological polar surface area (TPSA) is 64.1 Å². The Labute approximate surface area is 157 Å². The highest BCUT2D eigenvalue weighted by molar-refractivity contribution is 7.20. The number of hydrogen-bond donors (Lipinski definition) is 1. The lowest BCUT2D eigenvalue weighted by molar-refractivity contribution is 0.103. The molecule has 0 aliphatic carbocycles. The number of fused-ring (bicyclic) bond motifs is 1. The molecule has 0 aliphatic rings. The van der Waals surface area contributed by atoms with Crippen molar-refractivity contribution in [3.63, 3.8) is 0 Å². The Balaban J connectivity index is 1.81. The molecule has 0 saturated heterocycles. The first kappa shape index (κ1) is 18.3.